The first kappa shape index (κ1) is 22.2. The van der Waals surface area contributed by atoms with Crippen LogP contribution in [0.5, 0.6) is 0 Å². The normalized spacial score (nSPS) is 21.1. The fourth-order valence-electron chi connectivity index (χ4n) is 5.02. The topological polar surface area (TPSA) is 105 Å². The minimum absolute atomic E-state index is 0.0305. The molecule has 0 radical (unpaired) electrons. The minimum atomic E-state index is -0.101. The van der Waals surface area contributed by atoms with E-state index in [1.165, 1.54) is 0 Å². The number of carbonyl (C=O) groups excluding carboxylic acids is 2. The molecule has 3 aromatic heterocycles. The Morgan fingerprint density at radius 2 is 1.76 bits per heavy atom. The molecule has 0 unspecified atom stereocenters. The highest BCUT2D eigenvalue weighted by molar-refractivity contribution is 5.77. The maximum absolute atomic E-state index is 13.3. The third kappa shape index (κ3) is 4.69. The van der Waals surface area contributed by atoms with Crippen molar-refractivity contribution < 1.29 is 14.1 Å². The first-order chi connectivity index (χ1) is 16.6. The largest absolute Gasteiger partial charge is 0.343 e. The molecule has 9 heteroatoms. The summed E-state index contributed by atoms with van der Waals surface area (Å²) in [6, 6.07) is 7.64. The number of carbonyl (C=O) groups is 2. The summed E-state index contributed by atoms with van der Waals surface area (Å²) in [5.74, 6) is 1.54. The molecular formula is C25H28N6O3. The summed E-state index contributed by atoms with van der Waals surface area (Å²) in [5.41, 5.74) is 1.90. The van der Waals surface area contributed by atoms with Crippen LogP contribution in [-0.2, 0) is 9.59 Å². The Hall–Kier alpha value is -3.62. The van der Waals surface area contributed by atoms with Crippen LogP contribution in [-0.4, -0.2) is 67.9 Å². The van der Waals surface area contributed by atoms with Gasteiger partial charge < -0.3 is 14.3 Å². The Morgan fingerprint density at radius 1 is 1.00 bits per heavy atom. The second kappa shape index (κ2) is 9.70. The summed E-state index contributed by atoms with van der Waals surface area (Å²) in [4.78, 5) is 41.6. The minimum Gasteiger partial charge on any atom is -0.343 e. The average Bonchev–Trinajstić information content (AvgIpc) is 3.53. The van der Waals surface area contributed by atoms with Crippen LogP contribution in [0.25, 0.3) is 11.4 Å². The summed E-state index contributed by atoms with van der Waals surface area (Å²) in [7, 11) is 0. The molecule has 2 aliphatic rings. The molecule has 176 valence electrons. The van der Waals surface area contributed by atoms with Gasteiger partial charge in [-0.2, -0.15) is 4.98 Å². The van der Waals surface area contributed by atoms with E-state index >= 15 is 0 Å². The van der Waals surface area contributed by atoms with Crippen molar-refractivity contribution in [1.82, 2.24) is 29.9 Å². The smallest absolute Gasteiger partial charge is 0.232 e. The van der Waals surface area contributed by atoms with Crippen LogP contribution in [0.4, 0.5) is 0 Å². The number of nitrogens with zero attached hydrogens (tertiary/aromatic N) is 6. The summed E-state index contributed by atoms with van der Waals surface area (Å²) < 4.78 is 5.69. The first-order valence-electron chi connectivity index (χ1n) is 11.8. The van der Waals surface area contributed by atoms with E-state index in [4.69, 9.17) is 4.52 Å². The third-order valence-electron chi connectivity index (χ3n) is 7.01. The summed E-state index contributed by atoms with van der Waals surface area (Å²) in [5, 5.41) is 4.18. The van der Waals surface area contributed by atoms with Crippen molar-refractivity contribution in [2.75, 3.05) is 26.2 Å². The molecule has 2 fully saturated rings. The molecular weight excluding hydrogens is 432 g/mol. The predicted octanol–water partition coefficient (Wildman–Crippen LogP) is 2.88. The SMILES string of the molecule is CC(=O)N1CCC(CC(=O)N2C[C@@H](c3cccnc3)[C@H](c3nc(-c4ccncc4)no3)C2)CC1. The lowest BCUT2D eigenvalue weighted by Gasteiger charge is -2.31. The molecule has 5 rings (SSSR count). The zero-order valence-electron chi connectivity index (χ0n) is 19.2. The molecule has 2 aliphatic heterocycles. The van der Waals surface area contributed by atoms with E-state index in [9.17, 15) is 9.59 Å². The van der Waals surface area contributed by atoms with Gasteiger partial charge in [-0.1, -0.05) is 11.2 Å². The Morgan fingerprint density at radius 3 is 2.47 bits per heavy atom. The fraction of sp³-hybridized carbons (Fsp3) is 0.440. The Bertz CT molecular complexity index is 1130. The molecule has 0 saturated carbocycles. The van der Waals surface area contributed by atoms with Gasteiger partial charge in [-0.05, 0) is 42.5 Å². The highest BCUT2D eigenvalue weighted by atomic mass is 16.5. The Labute approximate surface area is 198 Å². The van der Waals surface area contributed by atoms with Gasteiger partial charge in [0.2, 0.25) is 23.5 Å². The van der Waals surface area contributed by atoms with E-state index in [1.54, 1.807) is 25.5 Å². The molecule has 2 saturated heterocycles. The molecule has 9 nitrogen and oxygen atoms in total. The number of piperidine rings is 1. The number of aromatic nitrogens is 4. The lowest BCUT2D eigenvalue weighted by atomic mass is 9.90. The van der Waals surface area contributed by atoms with E-state index < -0.39 is 0 Å². The van der Waals surface area contributed by atoms with Gasteiger partial charge in [0.15, 0.2) is 0 Å². The number of rotatable bonds is 5. The number of hydrogen-bond donors (Lipinski definition) is 0. The summed E-state index contributed by atoms with van der Waals surface area (Å²) >= 11 is 0. The van der Waals surface area contributed by atoms with E-state index in [2.05, 4.69) is 20.1 Å². The van der Waals surface area contributed by atoms with Gasteiger partial charge in [0.25, 0.3) is 0 Å². The highest BCUT2D eigenvalue weighted by Gasteiger charge is 2.41. The van der Waals surface area contributed by atoms with Crippen molar-refractivity contribution in [1.29, 1.82) is 0 Å². The number of amides is 2. The maximum Gasteiger partial charge on any atom is 0.232 e. The molecule has 2 atom stereocenters. The third-order valence-corrected chi connectivity index (χ3v) is 7.01. The van der Waals surface area contributed by atoms with Crippen LogP contribution in [0, 0.1) is 5.92 Å². The molecule has 0 aromatic carbocycles. The van der Waals surface area contributed by atoms with Crippen LogP contribution in [0.2, 0.25) is 0 Å². The number of likely N-dealkylation sites (tertiary alicyclic amines) is 2. The molecule has 0 N–H and O–H groups in total. The van der Waals surface area contributed by atoms with Gasteiger partial charge in [0.1, 0.15) is 0 Å². The molecule has 0 bridgehead atoms. The number of hydrogen-bond acceptors (Lipinski definition) is 7. The van der Waals surface area contributed by atoms with E-state index in [0.717, 1.165) is 37.1 Å². The zero-order chi connectivity index (χ0) is 23.5. The quantitative estimate of drug-likeness (QED) is 0.576. The maximum atomic E-state index is 13.3. The van der Waals surface area contributed by atoms with Crippen LogP contribution in [0.15, 0.2) is 53.6 Å². The second-order valence-electron chi connectivity index (χ2n) is 9.14. The molecule has 2 amide bonds. The summed E-state index contributed by atoms with van der Waals surface area (Å²) in [6.07, 6.45) is 9.23. The Balaban J connectivity index is 1.32. The predicted molar refractivity (Wildman–Crippen MR) is 123 cm³/mol. The van der Waals surface area contributed by atoms with Crippen molar-refractivity contribution in [2.45, 2.75) is 38.0 Å². The molecule has 3 aromatic rings. The zero-order valence-corrected chi connectivity index (χ0v) is 19.2. The van der Waals surface area contributed by atoms with Crippen LogP contribution < -0.4 is 0 Å². The van der Waals surface area contributed by atoms with Crippen LogP contribution in [0.3, 0.4) is 0 Å². The standard InChI is InChI=1S/C25H28N6O3/c1-17(32)30-11-6-18(7-12-30)13-23(33)31-15-21(20-3-2-8-27-14-20)22(16-31)25-28-24(29-34-25)19-4-9-26-10-5-19/h2-5,8-10,14,18,21-22H,6-7,11-13,15-16H2,1H3/t21-,22+/m0/s1. The van der Waals surface area contributed by atoms with Gasteiger partial charge in [0.05, 0.1) is 5.92 Å². The Kier molecular flexibility index (Phi) is 6.33. The van der Waals surface area contributed by atoms with Crippen molar-refractivity contribution in [3.8, 4) is 11.4 Å². The van der Waals surface area contributed by atoms with Gasteiger partial charge in [0, 0.05) is 75.8 Å². The van der Waals surface area contributed by atoms with Crippen LogP contribution in [0.1, 0.15) is 49.5 Å². The van der Waals surface area contributed by atoms with E-state index in [1.807, 2.05) is 40.3 Å². The second-order valence-corrected chi connectivity index (χ2v) is 9.14. The fourth-order valence-corrected chi connectivity index (χ4v) is 5.02. The lowest BCUT2D eigenvalue weighted by molar-refractivity contribution is -0.132. The monoisotopic (exact) mass is 460 g/mol. The van der Waals surface area contributed by atoms with Gasteiger partial charge in [-0.3, -0.25) is 19.6 Å². The summed E-state index contributed by atoms with van der Waals surface area (Å²) in [6.45, 7) is 4.19. The lowest BCUT2D eigenvalue weighted by Crippen LogP contribution is -2.39. The van der Waals surface area contributed by atoms with Gasteiger partial charge in [-0.25, -0.2) is 0 Å². The van der Waals surface area contributed by atoms with Gasteiger partial charge in [-0.15, -0.1) is 0 Å². The molecule has 34 heavy (non-hydrogen) atoms. The number of pyridine rings is 2. The highest BCUT2D eigenvalue weighted by Crippen LogP contribution is 2.40. The van der Waals surface area contributed by atoms with Crippen molar-refractivity contribution in [2.24, 2.45) is 5.92 Å². The molecule has 5 heterocycles. The van der Waals surface area contributed by atoms with Crippen LogP contribution >= 0.6 is 0 Å². The van der Waals surface area contributed by atoms with E-state index in [-0.39, 0.29) is 23.7 Å². The van der Waals surface area contributed by atoms with Gasteiger partial charge >= 0.3 is 0 Å². The van der Waals surface area contributed by atoms with Crippen molar-refractivity contribution in [3.63, 3.8) is 0 Å². The van der Waals surface area contributed by atoms with E-state index in [0.29, 0.717) is 37.1 Å². The average molecular weight is 461 g/mol. The molecule has 0 spiro atoms. The van der Waals surface area contributed by atoms with Crippen molar-refractivity contribution >= 4 is 11.8 Å². The first-order valence-corrected chi connectivity index (χ1v) is 11.8. The molecule has 0 aliphatic carbocycles. The van der Waals surface area contributed by atoms with Crippen molar-refractivity contribution in [3.05, 3.63) is 60.5 Å².